The van der Waals surface area contributed by atoms with Crippen molar-refractivity contribution in [3.05, 3.63) is 33.7 Å². The van der Waals surface area contributed by atoms with Crippen molar-refractivity contribution < 1.29 is 9.53 Å². The maximum absolute atomic E-state index is 12.1. The molecule has 106 valence electrons. The molecule has 0 aliphatic rings. The largest absolute Gasteiger partial charge is 0.481 e. The summed E-state index contributed by atoms with van der Waals surface area (Å²) < 4.78 is 7.72. The first-order valence-electron chi connectivity index (χ1n) is 6.23. The molecule has 0 spiro atoms. The highest BCUT2D eigenvalue weighted by Gasteiger charge is 2.22. The van der Waals surface area contributed by atoms with E-state index in [1.54, 1.807) is 14.0 Å². The van der Waals surface area contributed by atoms with Crippen LogP contribution in [0.3, 0.4) is 0 Å². The topological polar surface area (TPSA) is 56.5 Å². The number of fused-ring (bicyclic) bond motifs is 1. The van der Waals surface area contributed by atoms with E-state index in [4.69, 9.17) is 4.74 Å². The maximum Gasteiger partial charge on any atom is 0.238 e. The minimum absolute atomic E-state index is 0.196. The van der Waals surface area contributed by atoms with Gasteiger partial charge in [0, 0.05) is 11.3 Å². The predicted molar refractivity (Wildman–Crippen MR) is 80.5 cm³/mol. The third-order valence-electron chi connectivity index (χ3n) is 3.18. The Kier molecular flexibility index (Phi) is 3.94. The molecule has 0 saturated carbocycles. The SMILES string of the molecule is C=C(C)C(=O)c1nc2nc(OC)c(CC)c(C)n2c1Br. The number of carbonyl (C=O) groups is 1. The van der Waals surface area contributed by atoms with E-state index in [-0.39, 0.29) is 5.78 Å². The van der Waals surface area contributed by atoms with Crippen molar-refractivity contribution in [2.24, 2.45) is 0 Å². The molecule has 0 fully saturated rings. The Hall–Kier alpha value is -1.69. The van der Waals surface area contributed by atoms with Gasteiger partial charge in [0.15, 0.2) is 0 Å². The number of Topliss-reactive ketones (excluding diaryl/α,β-unsaturated/α-hetero) is 1. The number of hydrogen-bond acceptors (Lipinski definition) is 4. The summed E-state index contributed by atoms with van der Waals surface area (Å²) in [6.07, 6.45) is 0.784. The highest BCUT2D eigenvalue weighted by molar-refractivity contribution is 9.10. The van der Waals surface area contributed by atoms with Gasteiger partial charge < -0.3 is 4.74 Å². The minimum atomic E-state index is -0.196. The third-order valence-corrected chi connectivity index (χ3v) is 3.92. The van der Waals surface area contributed by atoms with Crippen molar-refractivity contribution >= 4 is 27.5 Å². The fourth-order valence-electron chi connectivity index (χ4n) is 2.13. The summed E-state index contributed by atoms with van der Waals surface area (Å²) >= 11 is 3.44. The van der Waals surface area contributed by atoms with Gasteiger partial charge in [-0.05, 0) is 41.8 Å². The lowest BCUT2D eigenvalue weighted by Crippen LogP contribution is -2.04. The monoisotopic (exact) mass is 337 g/mol. The van der Waals surface area contributed by atoms with E-state index < -0.39 is 0 Å². The van der Waals surface area contributed by atoms with Crippen molar-refractivity contribution in [2.75, 3.05) is 7.11 Å². The Morgan fingerprint density at radius 1 is 1.45 bits per heavy atom. The van der Waals surface area contributed by atoms with Crippen LogP contribution >= 0.6 is 15.9 Å². The molecule has 20 heavy (non-hydrogen) atoms. The smallest absolute Gasteiger partial charge is 0.238 e. The molecule has 0 saturated heterocycles. The molecule has 0 radical (unpaired) electrons. The van der Waals surface area contributed by atoms with Crippen LogP contribution in [0.25, 0.3) is 5.78 Å². The number of ketones is 1. The van der Waals surface area contributed by atoms with Crippen LogP contribution in [0.4, 0.5) is 0 Å². The predicted octanol–water partition coefficient (Wildman–Crippen LogP) is 3.13. The van der Waals surface area contributed by atoms with E-state index in [1.165, 1.54) is 0 Å². The number of aromatic nitrogens is 3. The summed E-state index contributed by atoms with van der Waals surface area (Å²) in [7, 11) is 1.58. The number of nitrogens with zero attached hydrogens (tertiary/aromatic N) is 3. The van der Waals surface area contributed by atoms with E-state index >= 15 is 0 Å². The van der Waals surface area contributed by atoms with Gasteiger partial charge in [-0.2, -0.15) is 4.98 Å². The van der Waals surface area contributed by atoms with Crippen molar-refractivity contribution in [1.82, 2.24) is 14.4 Å². The second-order valence-electron chi connectivity index (χ2n) is 4.53. The average Bonchev–Trinajstić information content (AvgIpc) is 2.74. The van der Waals surface area contributed by atoms with Gasteiger partial charge in [-0.3, -0.25) is 9.20 Å². The number of methoxy groups -OCH3 is 1. The molecule has 0 bridgehead atoms. The minimum Gasteiger partial charge on any atom is -0.481 e. The fourth-order valence-corrected chi connectivity index (χ4v) is 2.83. The van der Waals surface area contributed by atoms with Gasteiger partial charge in [-0.1, -0.05) is 13.5 Å². The number of aryl methyl sites for hydroxylation is 1. The van der Waals surface area contributed by atoms with Crippen molar-refractivity contribution in [3.63, 3.8) is 0 Å². The normalized spacial score (nSPS) is 10.8. The number of halogens is 1. The van der Waals surface area contributed by atoms with Crippen LogP contribution in [0.5, 0.6) is 5.88 Å². The van der Waals surface area contributed by atoms with Crippen LogP contribution in [0.2, 0.25) is 0 Å². The summed E-state index contributed by atoms with van der Waals surface area (Å²) in [5, 5.41) is 0. The molecule has 6 heteroatoms. The molecular weight excluding hydrogens is 322 g/mol. The third kappa shape index (κ3) is 2.14. The lowest BCUT2D eigenvalue weighted by Gasteiger charge is -2.11. The van der Waals surface area contributed by atoms with Crippen LogP contribution in [0.1, 0.15) is 35.6 Å². The lowest BCUT2D eigenvalue weighted by atomic mass is 10.2. The highest BCUT2D eigenvalue weighted by Crippen LogP contribution is 2.27. The van der Waals surface area contributed by atoms with Gasteiger partial charge in [0.05, 0.1) is 7.11 Å². The van der Waals surface area contributed by atoms with Crippen LogP contribution in [-0.2, 0) is 6.42 Å². The molecule has 5 nitrogen and oxygen atoms in total. The zero-order chi connectivity index (χ0) is 15.0. The molecule has 0 unspecified atom stereocenters. The first kappa shape index (κ1) is 14.7. The van der Waals surface area contributed by atoms with E-state index in [0.717, 1.165) is 17.7 Å². The van der Waals surface area contributed by atoms with Crippen LogP contribution < -0.4 is 4.74 Å². The molecule has 0 atom stereocenters. The number of rotatable bonds is 4. The molecule has 2 heterocycles. The van der Waals surface area contributed by atoms with Crippen LogP contribution in [0.15, 0.2) is 16.8 Å². The molecule has 2 aromatic rings. The Morgan fingerprint density at radius 3 is 2.60 bits per heavy atom. The van der Waals surface area contributed by atoms with Crippen LogP contribution in [0, 0.1) is 6.92 Å². The van der Waals surface area contributed by atoms with E-state index in [1.807, 2.05) is 18.2 Å². The standard InChI is InChI=1S/C14H16BrN3O2/c1-6-9-8(4)18-12(15)10(11(19)7(2)3)16-14(18)17-13(9)20-5/h2,6H2,1,3-5H3. The molecule has 0 amide bonds. The fraction of sp³-hybridized carbons (Fsp3) is 0.357. The first-order chi connectivity index (χ1) is 9.42. The van der Waals surface area contributed by atoms with Crippen molar-refractivity contribution in [1.29, 1.82) is 0 Å². The Bertz CT molecular complexity index is 719. The summed E-state index contributed by atoms with van der Waals surface area (Å²) in [4.78, 5) is 20.7. The highest BCUT2D eigenvalue weighted by atomic mass is 79.9. The first-order valence-corrected chi connectivity index (χ1v) is 7.03. The molecular formula is C14H16BrN3O2. The molecule has 0 aromatic carbocycles. The second kappa shape index (κ2) is 5.36. The van der Waals surface area contributed by atoms with Gasteiger partial charge in [0.25, 0.3) is 0 Å². The van der Waals surface area contributed by atoms with Crippen molar-refractivity contribution in [3.8, 4) is 5.88 Å². The number of imidazole rings is 1. The van der Waals surface area contributed by atoms with Crippen molar-refractivity contribution in [2.45, 2.75) is 27.2 Å². The quantitative estimate of drug-likeness (QED) is 0.635. The summed E-state index contributed by atoms with van der Waals surface area (Å²) in [6, 6.07) is 0. The lowest BCUT2D eigenvalue weighted by molar-refractivity contribution is 0.103. The molecule has 0 aliphatic carbocycles. The maximum atomic E-state index is 12.1. The molecule has 0 aliphatic heterocycles. The van der Waals surface area contributed by atoms with Gasteiger partial charge in [-0.15, -0.1) is 0 Å². The van der Waals surface area contributed by atoms with Gasteiger partial charge >= 0.3 is 0 Å². The van der Waals surface area contributed by atoms with E-state index in [9.17, 15) is 4.79 Å². The van der Waals surface area contributed by atoms with Gasteiger partial charge in [-0.25, -0.2) is 4.98 Å². The number of allylic oxidation sites excluding steroid dienone is 1. The molecule has 0 N–H and O–H groups in total. The Morgan fingerprint density at radius 2 is 2.10 bits per heavy atom. The molecule has 2 aromatic heterocycles. The van der Waals surface area contributed by atoms with Crippen LogP contribution in [-0.4, -0.2) is 27.3 Å². The Labute approximate surface area is 125 Å². The summed E-state index contributed by atoms with van der Waals surface area (Å²) in [5.74, 6) is 0.788. The zero-order valence-corrected chi connectivity index (χ0v) is 13.5. The van der Waals surface area contributed by atoms with E-state index in [0.29, 0.717) is 27.5 Å². The Balaban J connectivity index is 2.81. The number of ether oxygens (including phenoxy) is 1. The summed E-state index contributed by atoms with van der Waals surface area (Å²) in [5.41, 5.74) is 2.71. The van der Waals surface area contributed by atoms with Gasteiger partial charge in [0.1, 0.15) is 10.3 Å². The number of hydrogen-bond donors (Lipinski definition) is 0. The summed E-state index contributed by atoms with van der Waals surface area (Å²) in [6.45, 7) is 9.32. The second-order valence-corrected chi connectivity index (χ2v) is 5.29. The van der Waals surface area contributed by atoms with E-state index in [2.05, 4.69) is 32.5 Å². The average molecular weight is 338 g/mol. The van der Waals surface area contributed by atoms with Gasteiger partial charge in [0.2, 0.25) is 17.4 Å². The molecule has 2 rings (SSSR count). The zero-order valence-electron chi connectivity index (χ0n) is 12.0. The number of carbonyl (C=O) groups excluding carboxylic acids is 1.